The van der Waals surface area contributed by atoms with E-state index in [0.29, 0.717) is 0 Å². The van der Waals surface area contributed by atoms with Crippen LogP contribution in [-0.2, 0) is 11.2 Å². The van der Waals surface area contributed by atoms with Crippen molar-refractivity contribution in [1.82, 2.24) is 5.32 Å². The van der Waals surface area contributed by atoms with Crippen LogP contribution in [0.3, 0.4) is 0 Å². The molecule has 1 aliphatic rings. The number of nitrogens with one attached hydrogen (secondary N) is 1. The molecule has 2 atom stereocenters. The summed E-state index contributed by atoms with van der Waals surface area (Å²) in [6, 6.07) is 14.4. The van der Waals surface area contributed by atoms with E-state index < -0.39 is 0 Å². The van der Waals surface area contributed by atoms with Crippen molar-refractivity contribution in [2.75, 3.05) is 0 Å². The van der Waals surface area contributed by atoms with Crippen molar-refractivity contribution >= 4 is 17.7 Å². The topological polar surface area (TPSA) is 29.1 Å². The molecular formula is C20H22FNOS. The molecule has 126 valence electrons. The second-order valence-corrected chi connectivity index (χ2v) is 8.52. The van der Waals surface area contributed by atoms with Gasteiger partial charge in [-0.1, -0.05) is 51.1 Å². The molecule has 1 heterocycles. The molecule has 1 N–H and O–H groups in total. The van der Waals surface area contributed by atoms with Gasteiger partial charge >= 0.3 is 0 Å². The predicted octanol–water partition coefficient (Wildman–Crippen LogP) is 4.75. The Labute approximate surface area is 146 Å². The molecule has 0 saturated heterocycles. The lowest BCUT2D eigenvalue weighted by molar-refractivity contribution is -0.122. The Balaban J connectivity index is 1.76. The van der Waals surface area contributed by atoms with Crippen LogP contribution in [0.4, 0.5) is 4.39 Å². The van der Waals surface area contributed by atoms with Gasteiger partial charge in [-0.25, -0.2) is 4.39 Å². The minimum absolute atomic E-state index is 0.0421. The lowest BCUT2D eigenvalue weighted by atomic mass is 9.82. The van der Waals surface area contributed by atoms with Crippen LogP contribution < -0.4 is 5.32 Å². The Bertz CT molecular complexity index is 711. The van der Waals surface area contributed by atoms with E-state index in [2.05, 4.69) is 38.2 Å². The van der Waals surface area contributed by atoms with Crippen molar-refractivity contribution in [3.63, 3.8) is 0 Å². The molecule has 2 unspecified atom stereocenters. The Morgan fingerprint density at radius 2 is 1.83 bits per heavy atom. The number of thioether (sulfide) groups is 1. The summed E-state index contributed by atoms with van der Waals surface area (Å²) in [5, 5.41) is 3.08. The Morgan fingerprint density at radius 1 is 1.17 bits per heavy atom. The lowest BCUT2D eigenvalue weighted by Crippen LogP contribution is -2.41. The summed E-state index contributed by atoms with van der Waals surface area (Å²) >= 11 is 1.62. The SMILES string of the molecule is CC(C)(C)C(NC(=O)C1Cc2ccccc2S1)c1ccc(F)cc1. The van der Waals surface area contributed by atoms with Crippen LogP contribution in [0.2, 0.25) is 0 Å². The zero-order valence-corrected chi connectivity index (χ0v) is 15.0. The molecule has 0 spiro atoms. The summed E-state index contributed by atoms with van der Waals surface area (Å²) in [5.41, 5.74) is 2.00. The molecule has 2 aromatic rings. The lowest BCUT2D eigenvalue weighted by Gasteiger charge is -2.32. The Morgan fingerprint density at radius 3 is 2.46 bits per heavy atom. The van der Waals surface area contributed by atoms with Gasteiger partial charge in [-0.2, -0.15) is 0 Å². The van der Waals surface area contributed by atoms with Gasteiger partial charge in [-0.05, 0) is 41.2 Å². The zero-order valence-electron chi connectivity index (χ0n) is 14.2. The van der Waals surface area contributed by atoms with Gasteiger partial charge in [0.1, 0.15) is 5.82 Å². The van der Waals surface area contributed by atoms with Crippen LogP contribution in [0.25, 0.3) is 0 Å². The molecular weight excluding hydrogens is 321 g/mol. The van der Waals surface area contributed by atoms with Crippen molar-refractivity contribution in [2.45, 2.75) is 43.4 Å². The molecule has 3 rings (SSSR count). The van der Waals surface area contributed by atoms with E-state index in [9.17, 15) is 9.18 Å². The van der Waals surface area contributed by atoms with Gasteiger partial charge in [0.25, 0.3) is 0 Å². The number of carbonyl (C=O) groups is 1. The van der Waals surface area contributed by atoms with E-state index in [1.54, 1.807) is 23.9 Å². The smallest absolute Gasteiger partial charge is 0.234 e. The van der Waals surface area contributed by atoms with Crippen LogP contribution >= 0.6 is 11.8 Å². The maximum Gasteiger partial charge on any atom is 0.234 e. The fraction of sp³-hybridized carbons (Fsp3) is 0.350. The number of fused-ring (bicyclic) bond motifs is 1. The van der Waals surface area contributed by atoms with E-state index in [4.69, 9.17) is 0 Å². The van der Waals surface area contributed by atoms with E-state index in [0.717, 1.165) is 12.0 Å². The Hall–Kier alpha value is -1.81. The molecule has 0 fully saturated rings. The second kappa shape index (κ2) is 6.60. The van der Waals surface area contributed by atoms with Crippen molar-refractivity contribution in [1.29, 1.82) is 0 Å². The zero-order chi connectivity index (χ0) is 17.3. The molecule has 0 saturated carbocycles. The number of amides is 1. The summed E-state index contributed by atoms with van der Waals surface area (Å²) in [7, 11) is 0. The molecule has 0 aliphatic carbocycles. The summed E-state index contributed by atoms with van der Waals surface area (Å²) < 4.78 is 13.2. The number of rotatable bonds is 3. The normalized spacial score (nSPS) is 18.1. The van der Waals surface area contributed by atoms with Crippen LogP contribution in [-0.4, -0.2) is 11.2 Å². The van der Waals surface area contributed by atoms with E-state index in [-0.39, 0.29) is 28.4 Å². The van der Waals surface area contributed by atoms with Gasteiger partial charge < -0.3 is 5.32 Å². The van der Waals surface area contributed by atoms with E-state index in [1.807, 2.05) is 12.1 Å². The van der Waals surface area contributed by atoms with Crippen molar-refractivity contribution in [2.24, 2.45) is 5.41 Å². The number of halogens is 1. The summed E-state index contributed by atoms with van der Waals surface area (Å²) in [6.45, 7) is 6.24. The average molecular weight is 343 g/mol. The summed E-state index contributed by atoms with van der Waals surface area (Å²) in [4.78, 5) is 14.0. The van der Waals surface area contributed by atoms with Crippen LogP contribution in [0, 0.1) is 11.2 Å². The third-order valence-corrected chi connectivity index (χ3v) is 5.61. The standard InChI is InChI=1S/C20H22FNOS/c1-20(2,3)18(13-8-10-15(21)11-9-13)22-19(23)17-12-14-6-4-5-7-16(14)24-17/h4-11,17-18H,12H2,1-3H3,(H,22,23). The number of hydrogen-bond donors (Lipinski definition) is 1. The van der Waals surface area contributed by atoms with Crippen LogP contribution in [0.15, 0.2) is 53.4 Å². The molecule has 2 nitrogen and oxygen atoms in total. The van der Waals surface area contributed by atoms with Gasteiger partial charge in [-0.3, -0.25) is 4.79 Å². The highest BCUT2D eigenvalue weighted by atomic mass is 32.2. The van der Waals surface area contributed by atoms with Gasteiger partial charge in [0.2, 0.25) is 5.91 Å². The molecule has 0 aromatic heterocycles. The molecule has 1 aliphatic heterocycles. The van der Waals surface area contributed by atoms with Gasteiger partial charge in [0.05, 0.1) is 11.3 Å². The quantitative estimate of drug-likeness (QED) is 0.872. The monoisotopic (exact) mass is 343 g/mol. The Kier molecular flexibility index (Phi) is 4.68. The first-order chi connectivity index (χ1) is 11.3. The molecule has 2 aromatic carbocycles. The molecule has 4 heteroatoms. The molecule has 0 bridgehead atoms. The van der Waals surface area contributed by atoms with Gasteiger partial charge in [-0.15, -0.1) is 11.8 Å². The summed E-state index contributed by atoms with van der Waals surface area (Å²) in [6.07, 6.45) is 0.757. The number of hydrogen-bond acceptors (Lipinski definition) is 2. The van der Waals surface area contributed by atoms with Gasteiger partial charge in [0, 0.05) is 4.90 Å². The highest BCUT2D eigenvalue weighted by molar-refractivity contribution is 8.01. The fourth-order valence-electron chi connectivity index (χ4n) is 3.02. The summed E-state index contributed by atoms with van der Waals surface area (Å²) in [5.74, 6) is -0.222. The largest absolute Gasteiger partial charge is 0.348 e. The van der Waals surface area contributed by atoms with Crippen LogP contribution in [0.1, 0.15) is 37.9 Å². The predicted molar refractivity (Wildman–Crippen MR) is 96.5 cm³/mol. The first-order valence-electron chi connectivity index (χ1n) is 8.15. The molecule has 24 heavy (non-hydrogen) atoms. The molecule has 1 amide bonds. The minimum atomic E-state index is -0.264. The molecule has 0 radical (unpaired) electrons. The van der Waals surface area contributed by atoms with E-state index >= 15 is 0 Å². The van der Waals surface area contributed by atoms with Crippen molar-refractivity contribution in [3.05, 3.63) is 65.5 Å². The maximum absolute atomic E-state index is 13.2. The van der Waals surface area contributed by atoms with Crippen molar-refractivity contribution in [3.8, 4) is 0 Å². The third-order valence-electron chi connectivity index (χ3n) is 4.30. The highest BCUT2D eigenvalue weighted by Crippen LogP contribution is 2.38. The first-order valence-corrected chi connectivity index (χ1v) is 9.03. The van der Waals surface area contributed by atoms with Crippen molar-refractivity contribution < 1.29 is 9.18 Å². The van der Waals surface area contributed by atoms with Gasteiger partial charge in [0.15, 0.2) is 0 Å². The fourth-order valence-corrected chi connectivity index (χ4v) is 4.22. The number of benzene rings is 2. The first kappa shape index (κ1) is 17.0. The minimum Gasteiger partial charge on any atom is -0.348 e. The maximum atomic E-state index is 13.2. The third kappa shape index (κ3) is 3.64. The second-order valence-electron chi connectivity index (χ2n) is 7.28. The van der Waals surface area contributed by atoms with E-state index in [1.165, 1.54) is 22.6 Å². The average Bonchev–Trinajstić information content (AvgIpc) is 2.96. The number of carbonyl (C=O) groups excluding carboxylic acids is 1. The van der Waals surface area contributed by atoms with Crippen LogP contribution in [0.5, 0.6) is 0 Å². The highest BCUT2D eigenvalue weighted by Gasteiger charge is 2.33.